The van der Waals surface area contributed by atoms with Crippen molar-refractivity contribution in [1.82, 2.24) is 0 Å². The highest BCUT2D eigenvalue weighted by atomic mass is 19.4. The maximum Gasteiger partial charge on any atom is 0.573 e. The minimum Gasteiger partial charge on any atom is -0.406 e. The Bertz CT molecular complexity index is 1350. The monoisotopic (exact) mass is 449 g/mol. The minimum atomic E-state index is -4.87. The molecule has 0 N–H and O–H groups in total. The summed E-state index contributed by atoms with van der Waals surface area (Å²) in [6, 6.07) is 19.7. The average Bonchev–Trinajstić information content (AvgIpc) is 3.24. The van der Waals surface area contributed by atoms with E-state index in [2.05, 4.69) is 14.9 Å². The lowest BCUT2D eigenvalue weighted by molar-refractivity contribution is -0.274. The van der Waals surface area contributed by atoms with Gasteiger partial charge in [0.2, 0.25) is 0 Å². The number of ether oxygens (including phenoxy) is 1. The standard InChI is InChI=1S/C24H14F3N3O3/c25-24(26,27)33-16-11-10-14-12-20(31)21(18(14)13-16)28-29-22-17-8-4-5-9-19(17)30(23(22)32)15-6-2-1-3-7-15/h1-11,13H,12H2/b28-21-,29-22-. The molecule has 2 aliphatic rings. The third-order valence-corrected chi connectivity index (χ3v) is 5.26. The zero-order valence-corrected chi connectivity index (χ0v) is 16.8. The first kappa shape index (κ1) is 20.6. The van der Waals surface area contributed by atoms with E-state index in [1.165, 1.54) is 11.0 Å². The molecule has 0 bridgehead atoms. The highest BCUT2D eigenvalue weighted by molar-refractivity contribution is 6.56. The lowest BCUT2D eigenvalue weighted by Gasteiger charge is -2.16. The Morgan fingerprint density at radius 1 is 0.818 bits per heavy atom. The number of benzene rings is 3. The number of carbonyl (C=O) groups is 2. The second-order valence-electron chi connectivity index (χ2n) is 7.36. The maximum atomic E-state index is 13.2. The normalized spacial score (nSPS) is 17.6. The van der Waals surface area contributed by atoms with Crippen LogP contribution in [0.4, 0.5) is 24.5 Å². The topological polar surface area (TPSA) is 71.3 Å². The maximum absolute atomic E-state index is 13.2. The number of rotatable bonds is 3. The van der Waals surface area contributed by atoms with Gasteiger partial charge in [0, 0.05) is 23.2 Å². The van der Waals surface area contributed by atoms with Crippen molar-refractivity contribution in [3.05, 3.63) is 89.5 Å². The van der Waals surface area contributed by atoms with Crippen LogP contribution in [0.2, 0.25) is 0 Å². The van der Waals surface area contributed by atoms with Gasteiger partial charge in [0.15, 0.2) is 11.5 Å². The highest BCUT2D eigenvalue weighted by Gasteiger charge is 2.36. The van der Waals surface area contributed by atoms with Crippen molar-refractivity contribution in [3.8, 4) is 5.75 Å². The Hall–Kier alpha value is -4.27. The van der Waals surface area contributed by atoms with Gasteiger partial charge >= 0.3 is 6.36 Å². The summed E-state index contributed by atoms with van der Waals surface area (Å²) in [5.74, 6) is -1.29. The minimum absolute atomic E-state index is 0.0218. The van der Waals surface area contributed by atoms with Gasteiger partial charge in [0.1, 0.15) is 11.5 Å². The van der Waals surface area contributed by atoms with Gasteiger partial charge < -0.3 is 4.74 Å². The number of nitrogens with zero attached hydrogens (tertiary/aromatic N) is 3. The third-order valence-electron chi connectivity index (χ3n) is 5.26. The molecule has 1 amide bonds. The first-order valence-electron chi connectivity index (χ1n) is 9.88. The number of anilines is 2. The van der Waals surface area contributed by atoms with Crippen molar-refractivity contribution in [2.45, 2.75) is 12.8 Å². The first-order valence-corrected chi connectivity index (χ1v) is 9.88. The first-order chi connectivity index (χ1) is 15.8. The Kier molecular flexibility index (Phi) is 4.81. The van der Waals surface area contributed by atoms with Crippen LogP contribution in [0.1, 0.15) is 16.7 Å². The van der Waals surface area contributed by atoms with Crippen LogP contribution in [-0.4, -0.2) is 29.5 Å². The molecule has 1 aliphatic heterocycles. The molecule has 0 saturated carbocycles. The fourth-order valence-corrected chi connectivity index (χ4v) is 3.87. The largest absolute Gasteiger partial charge is 0.573 e. The van der Waals surface area contributed by atoms with E-state index in [0.29, 0.717) is 22.5 Å². The van der Waals surface area contributed by atoms with E-state index in [-0.39, 0.29) is 23.4 Å². The van der Waals surface area contributed by atoms with Crippen molar-refractivity contribution in [3.63, 3.8) is 0 Å². The number of amides is 1. The van der Waals surface area contributed by atoms with Gasteiger partial charge in [-0.3, -0.25) is 14.5 Å². The zero-order chi connectivity index (χ0) is 23.2. The average molecular weight is 449 g/mol. The number of fused-ring (bicyclic) bond motifs is 2. The summed E-state index contributed by atoms with van der Waals surface area (Å²) >= 11 is 0. The van der Waals surface area contributed by atoms with E-state index in [4.69, 9.17) is 0 Å². The summed E-state index contributed by atoms with van der Waals surface area (Å²) < 4.78 is 41.7. The zero-order valence-electron chi connectivity index (χ0n) is 16.8. The molecule has 6 nitrogen and oxygen atoms in total. The van der Waals surface area contributed by atoms with Gasteiger partial charge in [-0.1, -0.05) is 42.5 Å². The van der Waals surface area contributed by atoms with E-state index >= 15 is 0 Å². The van der Waals surface area contributed by atoms with Crippen LogP contribution in [0.15, 0.2) is 83.0 Å². The predicted molar refractivity (Wildman–Crippen MR) is 115 cm³/mol. The Morgan fingerprint density at radius 3 is 2.27 bits per heavy atom. The fourth-order valence-electron chi connectivity index (χ4n) is 3.87. The molecule has 3 aromatic carbocycles. The third kappa shape index (κ3) is 3.78. The van der Waals surface area contributed by atoms with Crippen LogP contribution < -0.4 is 9.64 Å². The van der Waals surface area contributed by atoms with Gasteiger partial charge in [-0.15, -0.1) is 23.4 Å². The SMILES string of the molecule is O=C1Cc2ccc(OC(F)(F)F)cc2/C1=N/N=C1\C(=O)N(c2ccccc2)c2ccccc21. The molecule has 1 heterocycles. The molecule has 33 heavy (non-hydrogen) atoms. The number of halogens is 3. The molecule has 0 saturated heterocycles. The molecule has 0 atom stereocenters. The van der Waals surface area contributed by atoms with Gasteiger partial charge in [-0.2, -0.15) is 0 Å². The molecular weight excluding hydrogens is 435 g/mol. The number of alkyl halides is 3. The number of hydrogen-bond acceptors (Lipinski definition) is 5. The van der Waals surface area contributed by atoms with Crippen molar-refractivity contribution >= 4 is 34.5 Å². The molecule has 5 rings (SSSR count). The van der Waals surface area contributed by atoms with Crippen LogP contribution in [0.5, 0.6) is 5.75 Å². The Labute approximate surface area is 185 Å². The number of ketones is 1. The molecule has 0 radical (unpaired) electrons. The van der Waals surface area contributed by atoms with Gasteiger partial charge in [0.05, 0.1) is 5.69 Å². The quantitative estimate of drug-likeness (QED) is 0.550. The summed E-state index contributed by atoms with van der Waals surface area (Å²) in [4.78, 5) is 27.2. The molecule has 1 aliphatic carbocycles. The van der Waals surface area contributed by atoms with E-state index in [0.717, 1.165) is 12.1 Å². The van der Waals surface area contributed by atoms with Gasteiger partial charge in [-0.05, 0) is 35.9 Å². The second kappa shape index (κ2) is 7.70. The van der Waals surface area contributed by atoms with Gasteiger partial charge in [0.25, 0.3) is 5.91 Å². The summed E-state index contributed by atoms with van der Waals surface area (Å²) in [6.45, 7) is 0. The number of para-hydroxylation sites is 2. The number of hydrogen-bond donors (Lipinski definition) is 0. The predicted octanol–water partition coefficient (Wildman–Crippen LogP) is 4.58. The van der Waals surface area contributed by atoms with Crippen LogP contribution in [0.3, 0.4) is 0 Å². The molecule has 9 heteroatoms. The van der Waals surface area contributed by atoms with Crippen LogP contribution >= 0.6 is 0 Å². The molecule has 164 valence electrons. The lowest BCUT2D eigenvalue weighted by atomic mass is 10.1. The van der Waals surface area contributed by atoms with Gasteiger partial charge in [-0.25, -0.2) is 0 Å². The van der Waals surface area contributed by atoms with Crippen LogP contribution in [0.25, 0.3) is 0 Å². The molecule has 3 aromatic rings. The van der Waals surface area contributed by atoms with Crippen molar-refractivity contribution in [2.24, 2.45) is 10.2 Å². The fraction of sp³-hybridized carbons (Fsp3) is 0.0833. The van der Waals surface area contributed by atoms with Crippen molar-refractivity contribution in [1.29, 1.82) is 0 Å². The van der Waals surface area contributed by atoms with Crippen molar-refractivity contribution in [2.75, 3.05) is 4.90 Å². The summed E-state index contributed by atoms with van der Waals surface area (Å²) in [5.41, 5.74) is 2.42. The smallest absolute Gasteiger partial charge is 0.406 e. The van der Waals surface area contributed by atoms with E-state index in [1.807, 2.05) is 6.07 Å². The Balaban J connectivity index is 1.56. The second-order valence-corrected chi connectivity index (χ2v) is 7.36. The van der Waals surface area contributed by atoms with E-state index < -0.39 is 23.8 Å². The molecule has 0 unspecified atom stereocenters. The molecular formula is C24H14F3N3O3. The summed E-state index contributed by atoms with van der Waals surface area (Å²) in [5, 5.41) is 8.10. The lowest BCUT2D eigenvalue weighted by Crippen LogP contribution is -2.25. The Morgan fingerprint density at radius 2 is 1.52 bits per heavy atom. The summed E-state index contributed by atoms with van der Waals surface area (Å²) in [7, 11) is 0. The molecule has 0 fully saturated rings. The van der Waals surface area contributed by atoms with Crippen LogP contribution in [-0.2, 0) is 16.0 Å². The van der Waals surface area contributed by atoms with E-state index in [1.54, 1.807) is 48.5 Å². The summed E-state index contributed by atoms with van der Waals surface area (Å²) in [6.07, 6.45) is -4.89. The van der Waals surface area contributed by atoms with E-state index in [9.17, 15) is 22.8 Å². The molecule has 0 aromatic heterocycles. The number of Topliss-reactive ketones (excluding diaryl/α,β-unsaturated/α-hetero) is 1. The highest BCUT2D eigenvalue weighted by Crippen LogP contribution is 2.36. The molecule has 0 spiro atoms. The van der Waals surface area contributed by atoms with Crippen molar-refractivity contribution < 1.29 is 27.5 Å². The number of carbonyl (C=O) groups excluding carboxylic acids is 2. The van der Waals surface area contributed by atoms with Crippen LogP contribution in [0, 0.1) is 0 Å².